The second-order valence-corrected chi connectivity index (χ2v) is 4.68. The first kappa shape index (κ1) is 11.1. The van der Waals surface area contributed by atoms with Crippen LogP contribution < -0.4 is 0 Å². The largest absolute Gasteiger partial charge is 0.459 e. The summed E-state index contributed by atoms with van der Waals surface area (Å²) < 4.78 is 5.16. The molecule has 1 aliphatic carbocycles. The Balaban J connectivity index is 1.85. The minimum Gasteiger partial charge on any atom is -0.459 e. The molecule has 1 heterocycles. The predicted octanol–water partition coefficient (Wildman–Crippen LogP) is 2.03. The molecule has 1 aromatic rings. The molecule has 0 radical (unpaired) electrons. The zero-order chi connectivity index (χ0) is 11.4. The Bertz CT molecular complexity index is 419. The van der Waals surface area contributed by atoms with Gasteiger partial charge in [0.25, 0.3) is 0 Å². The van der Waals surface area contributed by atoms with Crippen molar-refractivity contribution in [3.8, 4) is 0 Å². The summed E-state index contributed by atoms with van der Waals surface area (Å²) in [6, 6.07) is 3.70. The summed E-state index contributed by atoms with van der Waals surface area (Å²) in [4.78, 5) is 13.4. The molecule has 0 fully saturated rings. The van der Waals surface area contributed by atoms with Crippen molar-refractivity contribution >= 4 is 17.3 Å². The second-order valence-electron chi connectivity index (χ2n) is 3.43. The van der Waals surface area contributed by atoms with E-state index in [-0.39, 0.29) is 25.1 Å². The van der Waals surface area contributed by atoms with E-state index in [4.69, 9.17) is 9.84 Å². The molecule has 3 nitrogen and oxygen atoms in total. The standard InChI is InChI=1S/C12H12O3S/c13-7-10-5-6-11(16-10)8-15-12(14)9-3-1-2-4-9/h1-6,9,13H,7-8H2. The highest BCUT2D eigenvalue weighted by molar-refractivity contribution is 7.11. The maximum Gasteiger partial charge on any atom is 0.317 e. The lowest BCUT2D eigenvalue weighted by Gasteiger charge is -2.05. The number of aliphatic hydroxyl groups excluding tert-OH is 1. The van der Waals surface area contributed by atoms with E-state index in [2.05, 4.69) is 0 Å². The van der Waals surface area contributed by atoms with Crippen molar-refractivity contribution in [3.63, 3.8) is 0 Å². The van der Waals surface area contributed by atoms with Crippen molar-refractivity contribution in [1.29, 1.82) is 0 Å². The number of hydrogen-bond acceptors (Lipinski definition) is 4. The van der Waals surface area contributed by atoms with E-state index in [9.17, 15) is 4.79 Å². The van der Waals surface area contributed by atoms with Gasteiger partial charge >= 0.3 is 5.97 Å². The van der Waals surface area contributed by atoms with E-state index in [1.54, 1.807) is 12.2 Å². The summed E-state index contributed by atoms with van der Waals surface area (Å²) >= 11 is 1.45. The van der Waals surface area contributed by atoms with Crippen LogP contribution in [0.5, 0.6) is 0 Å². The second kappa shape index (κ2) is 5.09. The summed E-state index contributed by atoms with van der Waals surface area (Å²) in [5.74, 6) is -0.471. The first-order valence-electron chi connectivity index (χ1n) is 4.99. The van der Waals surface area contributed by atoms with E-state index < -0.39 is 0 Å². The first-order chi connectivity index (χ1) is 7.79. The van der Waals surface area contributed by atoms with Gasteiger partial charge in [-0.1, -0.05) is 24.3 Å². The fourth-order valence-corrected chi connectivity index (χ4v) is 2.20. The van der Waals surface area contributed by atoms with Crippen molar-refractivity contribution in [3.05, 3.63) is 46.2 Å². The molecule has 1 aromatic heterocycles. The van der Waals surface area contributed by atoms with Crippen molar-refractivity contribution in [2.24, 2.45) is 5.92 Å². The number of rotatable bonds is 4. The molecule has 1 aliphatic rings. The third-order valence-electron chi connectivity index (χ3n) is 2.25. The number of carbonyl (C=O) groups is 1. The van der Waals surface area contributed by atoms with E-state index in [1.165, 1.54) is 11.3 Å². The molecule has 84 valence electrons. The topological polar surface area (TPSA) is 46.5 Å². The normalized spacial score (nSPS) is 14.6. The van der Waals surface area contributed by atoms with Crippen LogP contribution >= 0.6 is 11.3 Å². The van der Waals surface area contributed by atoms with Crippen LogP contribution in [0.1, 0.15) is 9.75 Å². The van der Waals surface area contributed by atoms with Crippen LogP contribution in [0.15, 0.2) is 36.4 Å². The van der Waals surface area contributed by atoms with Gasteiger partial charge in [-0.15, -0.1) is 11.3 Å². The monoisotopic (exact) mass is 236 g/mol. The Morgan fingerprint density at radius 3 is 2.62 bits per heavy atom. The van der Waals surface area contributed by atoms with Crippen LogP contribution in [0, 0.1) is 5.92 Å². The van der Waals surface area contributed by atoms with Gasteiger partial charge in [-0.3, -0.25) is 4.79 Å². The fourth-order valence-electron chi connectivity index (χ4n) is 1.41. The van der Waals surface area contributed by atoms with Crippen molar-refractivity contribution < 1.29 is 14.6 Å². The Labute approximate surface area is 97.7 Å². The van der Waals surface area contributed by atoms with Gasteiger partial charge in [0.15, 0.2) is 0 Å². The molecule has 2 rings (SSSR count). The molecule has 0 aliphatic heterocycles. The number of esters is 1. The van der Waals surface area contributed by atoms with E-state index >= 15 is 0 Å². The van der Waals surface area contributed by atoms with Crippen LogP contribution in [0.2, 0.25) is 0 Å². The van der Waals surface area contributed by atoms with Crippen LogP contribution in [0.4, 0.5) is 0 Å². The van der Waals surface area contributed by atoms with E-state index in [1.807, 2.05) is 24.3 Å². The minimum absolute atomic E-state index is 0.0344. The summed E-state index contributed by atoms with van der Waals surface area (Å²) in [6.45, 7) is 0.314. The Morgan fingerprint density at radius 2 is 2.00 bits per heavy atom. The molecule has 0 atom stereocenters. The molecule has 1 N–H and O–H groups in total. The molecule has 0 saturated heterocycles. The van der Waals surface area contributed by atoms with Gasteiger partial charge in [0, 0.05) is 9.75 Å². The number of ether oxygens (including phenoxy) is 1. The molecule has 0 amide bonds. The van der Waals surface area contributed by atoms with Gasteiger partial charge in [0.2, 0.25) is 0 Å². The maximum absolute atomic E-state index is 11.5. The Kier molecular flexibility index (Phi) is 3.54. The smallest absolute Gasteiger partial charge is 0.317 e. The molecule has 0 bridgehead atoms. The molecule has 0 aromatic carbocycles. The third-order valence-corrected chi connectivity index (χ3v) is 3.29. The van der Waals surface area contributed by atoms with Crippen LogP contribution in [0.25, 0.3) is 0 Å². The predicted molar refractivity (Wildman–Crippen MR) is 61.8 cm³/mol. The molecule has 0 saturated carbocycles. The lowest BCUT2D eigenvalue weighted by molar-refractivity contribution is -0.146. The number of carbonyl (C=O) groups excluding carboxylic acids is 1. The van der Waals surface area contributed by atoms with Gasteiger partial charge < -0.3 is 9.84 Å². The number of hydrogen-bond donors (Lipinski definition) is 1. The summed E-state index contributed by atoms with van der Waals surface area (Å²) in [5.41, 5.74) is 0. The first-order valence-corrected chi connectivity index (χ1v) is 5.81. The Morgan fingerprint density at radius 1 is 1.31 bits per heavy atom. The van der Waals surface area contributed by atoms with Crippen LogP contribution in [-0.2, 0) is 22.7 Å². The molecule has 0 spiro atoms. The molecular weight excluding hydrogens is 224 g/mol. The van der Waals surface area contributed by atoms with Gasteiger partial charge in [0.1, 0.15) is 6.61 Å². The van der Waals surface area contributed by atoms with Gasteiger partial charge in [-0.2, -0.15) is 0 Å². The SMILES string of the molecule is O=C(OCc1ccc(CO)s1)C1C=CC=C1. The maximum atomic E-state index is 11.5. The fraction of sp³-hybridized carbons (Fsp3) is 0.250. The third kappa shape index (κ3) is 2.59. The highest BCUT2D eigenvalue weighted by atomic mass is 32.1. The zero-order valence-electron chi connectivity index (χ0n) is 8.63. The lowest BCUT2D eigenvalue weighted by Crippen LogP contribution is -2.12. The van der Waals surface area contributed by atoms with E-state index in [0.717, 1.165) is 9.75 Å². The molecular formula is C12H12O3S. The Hall–Kier alpha value is -1.39. The van der Waals surface area contributed by atoms with Crippen molar-refractivity contribution in [2.75, 3.05) is 0 Å². The van der Waals surface area contributed by atoms with E-state index in [0.29, 0.717) is 0 Å². The summed E-state index contributed by atoms with van der Waals surface area (Å²) in [7, 11) is 0. The average molecular weight is 236 g/mol. The van der Waals surface area contributed by atoms with Crippen LogP contribution in [-0.4, -0.2) is 11.1 Å². The number of thiophene rings is 1. The molecule has 16 heavy (non-hydrogen) atoms. The summed E-state index contributed by atoms with van der Waals surface area (Å²) in [6.07, 6.45) is 7.27. The molecule has 4 heteroatoms. The van der Waals surface area contributed by atoms with Gasteiger partial charge in [-0.25, -0.2) is 0 Å². The van der Waals surface area contributed by atoms with Crippen LogP contribution in [0.3, 0.4) is 0 Å². The quantitative estimate of drug-likeness (QED) is 0.814. The minimum atomic E-state index is -0.239. The summed E-state index contributed by atoms with van der Waals surface area (Å²) in [5, 5.41) is 8.89. The van der Waals surface area contributed by atoms with Crippen molar-refractivity contribution in [1.82, 2.24) is 0 Å². The lowest BCUT2D eigenvalue weighted by atomic mass is 10.2. The zero-order valence-corrected chi connectivity index (χ0v) is 9.44. The number of allylic oxidation sites excluding steroid dienone is 2. The van der Waals surface area contributed by atoms with Gasteiger partial charge in [0.05, 0.1) is 12.5 Å². The average Bonchev–Trinajstić information content (AvgIpc) is 2.96. The number of aliphatic hydroxyl groups is 1. The van der Waals surface area contributed by atoms with Crippen molar-refractivity contribution in [2.45, 2.75) is 13.2 Å². The van der Waals surface area contributed by atoms with Gasteiger partial charge in [-0.05, 0) is 12.1 Å². The molecule has 0 unspecified atom stereocenters. The highest BCUT2D eigenvalue weighted by Gasteiger charge is 2.15. The highest BCUT2D eigenvalue weighted by Crippen LogP contribution is 2.18.